The number of benzene rings is 2. The first-order valence-electron chi connectivity index (χ1n) is 7.04. The molecule has 0 radical (unpaired) electrons. The molecule has 5 heteroatoms. The topological polar surface area (TPSA) is 29.1 Å². The lowest BCUT2D eigenvalue weighted by Crippen LogP contribution is -2.50. The van der Waals surface area contributed by atoms with Crippen molar-refractivity contribution in [1.29, 1.82) is 0 Å². The largest absolute Gasteiger partial charge is 0.342 e. The number of halogens is 3. The van der Waals surface area contributed by atoms with Gasteiger partial charge in [0.05, 0.1) is 16.1 Å². The second-order valence-electron chi connectivity index (χ2n) is 5.52. The Bertz CT molecular complexity index is 711. The van der Waals surface area contributed by atoms with Gasteiger partial charge in [0.1, 0.15) is 5.82 Å². The average molecular weight is 338 g/mol. The van der Waals surface area contributed by atoms with Crippen molar-refractivity contribution < 1.29 is 9.18 Å². The molecule has 0 heterocycles. The minimum atomic E-state index is -0.448. The zero-order valence-electron chi connectivity index (χ0n) is 11.7. The van der Waals surface area contributed by atoms with Crippen molar-refractivity contribution in [3.8, 4) is 0 Å². The Hall–Kier alpha value is -1.58. The minimum Gasteiger partial charge on any atom is -0.342 e. The SMILES string of the molecule is O=C(NC1(c2ccc(F)cc2)CCC1)c1cc(Cl)ccc1Cl. The predicted molar refractivity (Wildman–Crippen MR) is 85.9 cm³/mol. The molecular weight excluding hydrogens is 324 g/mol. The Morgan fingerprint density at radius 2 is 1.77 bits per heavy atom. The van der Waals surface area contributed by atoms with E-state index in [9.17, 15) is 9.18 Å². The molecule has 1 aliphatic rings. The van der Waals surface area contributed by atoms with Crippen LogP contribution in [0.15, 0.2) is 42.5 Å². The highest BCUT2D eigenvalue weighted by Gasteiger charge is 2.40. The lowest BCUT2D eigenvalue weighted by molar-refractivity contribution is 0.0823. The molecule has 1 saturated carbocycles. The van der Waals surface area contributed by atoms with Crippen LogP contribution >= 0.6 is 23.2 Å². The highest BCUT2D eigenvalue weighted by atomic mass is 35.5. The van der Waals surface area contributed by atoms with E-state index in [0.29, 0.717) is 15.6 Å². The molecule has 0 saturated heterocycles. The standard InChI is InChI=1S/C17H14Cl2FNO/c18-12-4-7-15(19)14(10-12)16(22)21-17(8-1-9-17)11-2-5-13(20)6-3-11/h2-7,10H,1,8-9H2,(H,21,22). The number of carbonyl (C=O) groups is 1. The van der Waals surface area contributed by atoms with Gasteiger partial charge in [-0.3, -0.25) is 4.79 Å². The van der Waals surface area contributed by atoms with Crippen molar-refractivity contribution in [3.05, 3.63) is 69.5 Å². The van der Waals surface area contributed by atoms with Crippen LogP contribution in [0.2, 0.25) is 10.0 Å². The Balaban J connectivity index is 1.88. The molecule has 2 aromatic carbocycles. The average Bonchev–Trinajstić information content (AvgIpc) is 2.46. The van der Waals surface area contributed by atoms with E-state index in [4.69, 9.17) is 23.2 Å². The minimum absolute atomic E-state index is 0.267. The number of hydrogen-bond acceptors (Lipinski definition) is 1. The maximum Gasteiger partial charge on any atom is 0.253 e. The summed E-state index contributed by atoms with van der Waals surface area (Å²) in [6.45, 7) is 0. The summed E-state index contributed by atoms with van der Waals surface area (Å²) in [5, 5.41) is 3.86. The molecule has 22 heavy (non-hydrogen) atoms. The van der Waals surface area contributed by atoms with Gasteiger partial charge in [0.25, 0.3) is 5.91 Å². The second kappa shape index (κ2) is 5.90. The van der Waals surface area contributed by atoms with Gasteiger partial charge < -0.3 is 5.32 Å². The molecule has 0 bridgehead atoms. The van der Waals surface area contributed by atoms with Gasteiger partial charge in [-0.2, -0.15) is 0 Å². The van der Waals surface area contributed by atoms with Gasteiger partial charge in [-0.05, 0) is 55.2 Å². The first-order valence-corrected chi connectivity index (χ1v) is 7.79. The quantitative estimate of drug-likeness (QED) is 0.844. The van der Waals surface area contributed by atoms with Crippen LogP contribution in [0.5, 0.6) is 0 Å². The van der Waals surface area contributed by atoms with Gasteiger partial charge in [0, 0.05) is 5.02 Å². The van der Waals surface area contributed by atoms with Crippen LogP contribution in [0.1, 0.15) is 35.2 Å². The van der Waals surface area contributed by atoms with E-state index in [1.165, 1.54) is 12.1 Å². The molecule has 3 rings (SSSR count). The fraction of sp³-hybridized carbons (Fsp3) is 0.235. The molecule has 114 valence electrons. The number of carbonyl (C=O) groups excluding carboxylic acids is 1. The summed E-state index contributed by atoms with van der Waals surface area (Å²) in [5.74, 6) is -0.557. The lowest BCUT2D eigenvalue weighted by atomic mass is 9.71. The Morgan fingerprint density at radius 3 is 2.36 bits per heavy atom. The van der Waals surface area contributed by atoms with E-state index in [2.05, 4.69) is 5.32 Å². The molecule has 0 aliphatic heterocycles. The molecule has 1 fully saturated rings. The molecule has 2 aromatic rings. The smallest absolute Gasteiger partial charge is 0.253 e. The zero-order valence-corrected chi connectivity index (χ0v) is 13.2. The normalized spacial score (nSPS) is 16.0. The molecule has 0 atom stereocenters. The van der Waals surface area contributed by atoms with Crippen molar-refractivity contribution in [2.45, 2.75) is 24.8 Å². The number of amides is 1. The summed E-state index contributed by atoms with van der Waals surface area (Å²) in [6, 6.07) is 11.0. The van der Waals surface area contributed by atoms with Crippen LogP contribution in [0.4, 0.5) is 4.39 Å². The highest BCUT2D eigenvalue weighted by molar-refractivity contribution is 6.35. The van der Waals surface area contributed by atoms with Crippen LogP contribution in [-0.4, -0.2) is 5.91 Å². The summed E-state index contributed by atoms with van der Waals surface area (Å²) in [7, 11) is 0. The van der Waals surface area contributed by atoms with Gasteiger partial charge in [-0.15, -0.1) is 0 Å². The first kappa shape index (κ1) is 15.3. The third kappa shape index (κ3) is 2.83. The fourth-order valence-corrected chi connectivity index (χ4v) is 3.12. The summed E-state index contributed by atoms with van der Waals surface area (Å²) >= 11 is 12.0. The van der Waals surface area contributed by atoms with E-state index >= 15 is 0 Å². The number of nitrogens with one attached hydrogen (secondary N) is 1. The first-order chi connectivity index (χ1) is 10.5. The van der Waals surface area contributed by atoms with Gasteiger partial charge in [0.15, 0.2) is 0 Å². The van der Waals surface area contributed by atoms with E-state index in [1.54, 1.807) is 30.3 Å². The third-order valence-electron chi connectivity index (χ3n) is 4.13. The van der Waals surface area contributed by atoms with Gasteiger partial charge in [-0.1, -0.05) is 35.3 Å². The molecule has 1 amide bonds. The number of hydrogen-bond donors (Lipinski definition) is 1. The van der Waals surface area contributed by atoms with Gasteiger partial charge in [0.2, 0.25) is 0 Å². The van der Waals surface area contributed by atoms with Gasteiger partial charge in [-0.25, -0.2) is 4.39 Å². The van der Waals surface area contributed by atoms with Crippen molar-refractivity contribution in [2.24, 2.45) is 0 Å². The third-order valence-corrected chi connectivity index (χ3v) is 4.69. The molecule has 2 nitrogen and oxygen atoms in total. The van der Waals surface area contributed by atoms with Crippen LogP contribution < -0.4 is 5.32 Å². The molecule has 1 N–H and O–H groups in total. The van der Waals surface area contributed by atoms with E-state index < -0.39 is 5.54 Å². The Morgan fingerprint density at radius 1 is 1.09 bits per heavy atom. The predicted octanol–water partition coefficient (Wildman–Crippen LogP) is 4.94. The Kier molecular flexibility index (Phi) is 4.11. The van der Waals surface area contributed by atoms with Crippen LogP contribution in [-0.2, 0) is 5.54 Å². The van der Waals surface area contributed by atoms with Crippen molar-refractivity contribution in [1.82, 2.24) is 5.32 Å². The summed E-state index contributed by atoms with van der Waals surface area (Å²) in [6.07, 6.45) is 2.66. The summed E-state index contributed by atoms with van der Waals surface area (Å²) in [4.78, 5) is 12.5. The molecule has 0 spiro atoms. The maximum atomic E-state index is 13.1. The van der Waals surface area contributed by atoms with Crippen LogP contribution in [0.25, 0.3) is 0 Å². The molecular formula is C17H14Cl2FNO. The monoisotopic (exact) mass is 337 g/mol. The van der Waals surface area contributed by atoms with E-state index in [-0.39, 0.29) is 11.7 Å². The molecule has 1 aliphatic carbocycles. The molecule has 0 unspecified atom stereocenters. The van der Waals surface area contributed by atoms with Crippen LogP contribution in [0.3, 0.4) is 0 Å². The van der Waals surface area contributed by atoms with Crippen molar-refractivity contribution in [3.63, 3.8) is 0 Å². The van der Waals surface area contributed by atoms with Crippen molar-refractivity contribution in [2.75, 3.05) is 0 Å². The molecule has 0 aromatic heterocycles. The Labute approximate surface area is 138 Å². The van der Waals surface area contributed by atoms with Crippen molar-refractivity contribution >= 4 is 29.1 Å². The van der Waals surface area contributed by atoms with E-state index in [1.807, 2.05) is 0 Å². The van der Waals surface area contributed by atoms with Crippen LogP contribution in [0, 0.1) is 5.82 Å². The van der Waals surface area contributed by atoms with E-state index in [0.717, 1.165) is 24.8 Å². The maximum absolute atomic E-state index is 13.1. The highest BCUT2D eigenvalue weighted by Crippen LogP contribution is 2.41. The summed E-state index contributed by atoms with van der Waals surface area (Å²) in [5.41, 5.74) is 0.811. The van der Waals surface area contributed by atoms with Gasteiger partial charge >= 0.3 is 0 Å². The lowest BCUT2D eigenvalue weighted by Gasteiger charge is -2.43. The second-order valence-corrected chi connectivity index (χ2v) is 6.36. The fourth-order valence-electron chi connectivity index (χ4n) is 2.74. The number of rotatable bonds is 3. The summed E-state index contributed by atoms with van der Waals surface area (Å²) < 4.78 is 13.1. The zero-order chi connectivity index (χ0) is 15.7.